The molecule has 0 bridgehead atoms. The fourth-order valence-corrected chi connectivity index (χ4v) is 3.65. The highest BCUT2D eigenvalue weighted by Crippen LogP contribution is 2.30. The van der Waals surface area contributed by atoms with Gasteiger partial charge in [0, 0.05) is 13.5 Å². The number of hydrogen-bond donors (Lipinski definition) is 0. The van der Waals surface area contributed by atoms with Gasteiger partial charge in [0.25, 0.3) is 5.91 Å². The van der Waals surface area contributed by atoms with Crippen LogP contribution in [0.5, 0.6) is 11.5 Å². The monoisotopic (exact) mass is 426 g/mol. The van der Waals surface area contributed by atoms with Crippen LogP contribution in [0.15, 0.2) is 34.9 Å². The normalized spacial score (nSPS) is 16.3. The van der Waals surface area contributed by atoms with Gasteiger partial charge in [-0.3, -0.25) is 4.79 Å². The van der Waals surface area contributed by atoms with E-state index in [9.17, 15) is 4.79 Å². The number of ether oxygens (including phenoxy) is 2. The Morgan fingerprint density at radius 3 is 2.61 bits per heavy atom. The first-order valence-corrected chi connectivity index (χ1v) is 10.5. The Bertz CT molecular complexity index is 999. The van der Waals surface area contributed by atoms with Crippen LogP contribution in [-0.2, 0) is 11.3 Å². The van der Waals surface area contributed by atoms with Crippen molar-refractivity contribution < 1.29 is 18.7 Å². The fourth-order valence-electron chi connectivity index (χ4n) is 3.65. The molecule has 31 heavy (non-hydrogen) atoms. The number of nitrogens with zero attached hydrogens (tertiary/aromatic N) is 6. The lowest BCUT2D eigenvalue weighted by molar-refractivity contribution is -0.137. The molecule has 2 aromatic heterocycles. The molecule has 0 aliphatic carbocycles. The topological polar surface area (TPSA) is 108 Å². The molecule has 10 heteroatoms. The highest BCUT2D eigenvalue weighted by Gasteiger charge is 2.30. The first-order chi connectivity index (χ1) is 15.1. The summed E-state index contributed by atoms with van der Waals surface area (Å²) < 4.78 is 18.2. The van der Waals surface area contributed by atoms with E-state index < -0.39 is 0 Å². The number of benzene rings is 1. The van der Waals surface area contributed by atoms with E-state index in [-0.39, 0.29) is 18.6 Å². The summed E-state index contributed by atoms with van der Waals surface area (Å²) in [4.78, 5) is 14.7. The van der Waals surface area contributed by atoms with Gasteiger partial charge in [0.1, 0.15) is 23.7 Å². The second kappa shape index (κ2) is 9.59. The molecule has 3 heterocycles. The number of hydrogen-bond acceptors (Lipinski definition) is 8. The van der Waals surface area contributed by atoms with Gasteiger partial charge in [0.2, 0.25) is 11.8 Å². The Morgan fingerprint density at radius 2 is 1.90 bits per heavy atom. The van der Waals surface area contributed by atoms with Crippen LogP contribution >= 0.6 is 0 Å². The molecule has 164 valence electrons. The minimum absolute atomic E-state index is 0.0279. The maximum atomic E-state index is 12.9. The van der Waals surface area contributed by atoms with Crippen LogP contribution in [0, 0.1) is 6.92 Å². The van der Waals surface area contributed by atoms with Crippen LogP contribution in [0.3, 0.4) is 0 Å². The van der Waals surface area contributed by atoms with Gasteiger partial charge in [-0.25, -0.2) is 4.68 Å². The van der Waals surface area contributed by atoms with Gasteiger partial charge < -0.3 is 18.8 Å². The molecule has 4 rings (SSSR count). The second-order valence-corrected chi connectivity index (χ2v) is 7.35. The van der Waals surface area contributed by atoms with Gasteiger partial charge in [-0.05, 0) is 50.5 Å². The van der Waals surface area contributed by atoms with Crippen LogP contribution in [-0.4, -0.2) is 55.8 Å². The highest BCUT2D eigenvalue weighted by atomic mass is 16.5. The molecule has 0 saturated carbocycles. The van der Waals surface area contributed by atoms with Gasteiger partial charge in [-0.15, -0.1) is 15.3 Å². The molecule has 1 aromatic carbocycles. The molecule has 1 aliphatic heterocycles. The maximum absolute atomic E-state index is 12.9. The Balaban J connectivity index is 1.38. The summed E-state index contributed by atoms with van der Waals surface area (Å²) in [6.07, 6.45) is 4.67. The number of amides is 1. The quantitative estimate of drug-likeness (QED) is 0.541. The molecule has 1 amide bonds. The van der Waals surface area contributed by atoms with Crippen molar-refractivity contribution in [3.05, 3.63) is 47.9 Å². The lowest BCUT2D eigenvalue weighted by Crippen LogP contribution is -2.41. The van der Waals surface area contributed by atoms with Crippen molar-refractivity contribution >= 4 is 5.91 Å². The van der Waals surface area contributed by atoms with E-state index in [1.165, 1.54) is 0 Å². The SMILES string of the molecule is CCOc1ccc(OCC(=O)N2CCCCC2c2cn(Cc3nnc(C)o3)nn2)cc1. The second-order valence-electron chi connectivity index (χ2n) is 7.35. The smallest absolute Gasteiger partial charge is 0.261 e. The number of aryl methyl sites for hydroxylation is 1. The van der Waals surface area contributed by atoms with E-state index >= 15 is 0 Å². The largest absolute Gasteiger partial charge is 0.494 e. The van der Waals surface area contributed by atoms with E-state index in [4.69, 9.17) is 13.9 Å². The first kappa shape index (κ1) is 20.8. The van der Waals surface area contributed by atoms with Crippen molar-refractivity contribution in [2.45, 2.75) is 45.7 Å². The van der Waals surface area contributed by atoms with Gasteiger partial charge >= 0.3 is 0 Å². The third-order valence-corrected chi connectivity index (χ3v) is 5.08. The van der Waals surface area contributed by atoms with Crippen LogP contribution in [0.1, 0.15) is 49.7 Å². The summed E-state index contributed by atoms with van der Waals surface area (Å²) >= 11 is 0. The summed E-state index contributed by atoms with van der Waals surface area (Å²) in [7, 11) is 0. The Kier molecular flexibility index (Phi) is 6.44. The summed E-state index contributed by atoms with van der Waals surface area (Å²) in [5.41, 5.74) is 0.755. The van der Waals surface area contributed by atoms with Crippen LogP contribution in [0.4, 0.5) is 0 Å². The summed E-state index contributed by atoms with van der Waals surface area (Å²) in [6, 6.07) is 7.14. The van der Waals surface area contributed by atoms with Gasteiger partial charge in [-0.2, -0.15) is 0 Å². The van der Waals surface area contributed by atoms with E-state index in [1.807, 2.05) is 30.2 Å². The van der Waals surface area contributed by atoms with E-state index in [0.29, 0.717) is 37.2 Å². The minimum Gasteiger partial charge on any atom is -0.494 e. The fraction of sp³-hybridized carbons (Fsp3) is 0.476. The minimum atomic E-state index is -0.122. The van der Waals surface area contributed by atoms with Crippen molar-refractivity contribution in [3.8, 4) is 11.5 Å². The number of carbonyl (C=O) groups excluding carboxylic acids is 1. The molecule has 1 unspecified atom stereocenters. The zero-order chi connectivity index (χ0) is 21.6. The third kappa shape index (κ3) is 5.19. The molecular weight excluding hydrogens is 400 g/mol. The third-order valence-electron chi connectivity index (χ3n) is 5.08. The molecule has 1 atom stereocenters. The van der Waals surface area contributed by atoms with Gasteiger partial charge in [0.15, 0.2) is 6.61 Å². The van der Waals surface area contributed by atoms with Crippen molar-refractivity contribution in [1.29, 1.82) is 0 Å². The molecule has 1 saturated heterocycles. The standard InChI is InChI=1S/C21H26N6O4/c1-3-29-16-7-9-17(10-8-16)30-14-21(28)27-11-5-4-6-19(27)18-12-26(25-23-18)13-20-24-22-15(2)31-20/h7-10,12,19H,3-6,11,13-14H2,1-2H3. The van der Waals surface area contributed by atoms with E-state index in [2.05, 4.69) is 20.5 Å². The van der Waals surface area contributed by atoms with Crippen LogP contribution in [0.25, 0.3) is 0 Å². The van der Waals surface area contributed by atoms with Crippen molar-refractivity contribution in [1.82, 2.24) is 30.1 Å². The number of rotatable bonds is 8. The Labute approximate surface area is 180 Å². The zero-order valence-electron chi connectivity index (χ0n) is 17.7. The molecule has 0 radical (unpaired) electrons. The van der Waals surface area contributed by atoms with Crippen molar-refractivity contribution in [2.75, 3.05) is 19.8 Å². The molecular formula is C21H26N6O4. The van der Waals surface area contributed by atoms with Crippen LogP contribution < -0.4 is 9.47 Å². The van der Waals surface area contributed by atoms with Crippen molar-refractivity contribution in [2.24, 2.45) is 0 Å². The molecule has 1 aliphatic rings. The average molecular weight is 426 g/mol. The maximum Gasteiger partial charge on any atom is 0.261 e. The highest BCUT2D eigenvalue weighted by molar-refractivity contribution is 5.78. The average Bonchev–Trinajstić information content (AvgIpc) is 3.42. The summed E-state index contributed by atoms with van der Waals surface area (Å²) in [5, 5.41) is 16.3. The molecule has 3 aromatic rings. The van der Waals surface area contributed by atoms with Gasteiger partial charge in [-0.1, -0.05) is 5.21 Å². The lowest BCUT2D eigenvalue weighted by atomic mass is 10.00. The van der Waals surface area contributed by atoms with Gasteiger partial charge in [0.05, 0.1) is 18.8 Å². The number of likely N-dealkylation sites (tertiary alicyclic amines) is 1. The molecule has 10 nitrogen and oxygen atoms in total. The lowest BCUT2D eigenvalue weighted by Gasteiger charge is -2.34. The van der Waals surface area contributed by atoms with Crippen LogP contribution in [0.2, 0.25) is 0 Å². The van der Waals surface area contributed by atoms with E-state index in [0.717, 1.165) is 30.7 Å². The Morgan fingerprint density at radius 1 is 1.13 bits per heavy atom. The first-order valence-electron chi connectivity index (χ1n) is 10.5. The number of aromatic nitrogens is 5. The predicted octanol–water partition coefficient (Wildman–Crippen LogP) is 2.55. The predicted molar refractivity (Wildman–Crippen MR) is 110 cm³/mol. The Hall–Kier alpha value is -3.43. The van der Waals surface area contributed by atoms with Crippen molar-refractivity contribution in [3.63, 3.8) is 0 Å². The van der Waals surface area contributed by atoms with E-state index in [1.54, 1.807) is 23.7 Å². The number of carbonyl (C=O) groups is 1. The number of piperidine rings is 1. The molecule has 0 spiro atoms. The summed E-state index contributed by atoms with van der Waals surface area (Å²) in [6.45, 7) is 5.27. The zero-order valence-corrected chi connectivity index (χ0v) is 17.7. The molecule has 1 fully saturated rings. The molecule has 0 N–H and O–H groups in total. The summed E-state index contributed by atoms with van der Waals surface area (Å²) in [5.74, 6) is 2.31.